The van der Waals surface area contributed by atoms with Crippen LogP contribution in [-0.4, -0.2) is 22.0 Å². The quantitative estimate of drug-likeness (QED) is 0.647. The van der Waals surface area contributed by atoms with Crippen molar-refractivity contribution >= 4 is 17.8 Å². The minimum Gasteiger partial charge on any atom is -0.508 e. The molecule has 0 amide bonds. The summed E-state index contributed by atoms with van der Waals surface area (Å²) in [7, 11) is -3.06. The Balaban J connectivity index is 1.81. The van der Waals surface area contributed by atoms with E-state index in [4.69, 9.17) is 0 Å². The summed E-state index contributed by atoms with van der Waals surface area (Å²) >= 11 is 0. The molecule has 0 bridgehead atoms. The van der Waals surface area contributed by atoms with Gasteiger partial charge in [-0.25, -0.2) is 0 Å². The first kappa shape index (κ1) is 19.0. The normalized spacial score (nSPS) is 22.7. The molecule has 1 aliphatic carbocycles. The number of benzene rings is 3. The molecule has 4 heteroatoms. The Hall–Kier alpha value is -2.35. The second kappa shape index (κ2) is 7.95. The maximum absolute atomic E-state index is 14.6. The highest BCUT2D eigenvalue weighted by atomic mass is 31.2. The summed E-state index contributed by atoms with van der Waals surface area (Å²) in [5, 5.41) is 23.3. The third kappa shape index (κ3) is 3.30. The average Bonchev–Trinajstić information content (AvgIpc) is 2.75. The lowest BCUT2D eigenvalue weighted by Gasteiger charge is -2.40. The number of aliphatic hydroxyl groups excluding tert-OH is 1. The number of para-hydroxylation sites is 1. The standard InChI is InChI=1S/C24H25O3P/c25-22-16-8-7-14-20(22)21-15-9-17-23(24(21)26)28(27,18-10-3-1-4-11-18)19-12-5-2-6-13-19/h1-8,10-14,16,21,23-26H,9,15,17H2/t21-,23-,24-/m0/s1. The van der Waals surface area contributed by atoms with Crippen molar-refractivity contribution in [3.8, 4) is 5.75 Å². The zero-order valence-corrected chi connectivity index (χ0v) is 16.6. The zero-order chi connectivity index (χ0) is 19.6. The molecule has 4 rings (SSSR count). The van der Waals surface area contributed by atoms with Crippen LogP contribution in [0.25, 0.3) is 0 Å². The van der Waals surface area contributed by atoms with E-state index >= 15 is 0 Å². The van der Waals surface area contributed by atoms with E-state index in [0.717, 1.165) is 29.0 Å². The van der Waals surface area contributed by atoms with Crippen molar-refractivity contribution in [1.82, 2.24) is 0 Å². The smallest absolute Gasteiger partial charge is 0.148 e. The highest BCUT2D eigenvalue weighted by molar-refractivity contribution is 7.79. The average molecular weight is 392 g/mol. The van der Waals surface area contributed by atoms with Gasteiger partial charge in [-0.3, -0.25) is 0 Å². The molecule has 1 aliphatic rings. The molecule has 0 saturated heterocycles. The number of aliphatic hydroxyl groups is 1. The van der Waals surface area contributed by atoms with Gasteiger partial charge < -0.3 is 14.8 Å². The van der Waals surface area contributed by atoms with Crippen LogP contribution >= 0.6 is 7.14 Å². The second-order valence-electron chi connectivity index (χ2n) is 7.48. The Bertz CT molecular complexity index is 928. The SMILES string of the molecule is O=P(c1ccccc1)(c1ccccc1)[C@H]1CCC[C@@H](c2ccccc2O)[C@@H]1O. The van der Waals surface area contributed by atoms with Crippen LogP contribution in [-0.2, 0) is 4.57 Å². The molecule has 28 heavy (non-hydrogen) atoms. The van der Waals surface area contributed by atoms with Crippen molar-refractivity contribution in [1.29, 1.82) is 0 Å². The van der Waals surface area contributed by atoms with Gasteiger partial charge in [0.25, 0.3) is 0 Å². The Morgan fingerprint density at radius 3 is 1.86 bits per heavy atom. The van der Waals surface area contributed by atoms with Gasteiger partial charge in [0.15, 0.2) is 0 Å². The predicted molar refractivity (Wildman–Crippen MR) is 114 cm³/mol. The first-order valence-corrected chi connectivity index (χ1v) is 11.6. The minimum atomic E-state index is -3.06. The highest BCUT2D eigenvalue weighted by Crippen LogP contribution is 2.56. The molecule has 0 aliphatic heterocycles. The lowest BCUT2D eigenvalue weighted by Crippen LogP contribution is -2.41. The Morgan fingerprint density at radius 2 is 1.29 bits per heavy atom. The zero-order valence-electron chi connectivity index (χ0n) is 15.7. The molecule has 0 unspecified atom stereocenters. The second-order valence-corrected chi connectivity index (χ2v) is 10.5. The summed E-state index contributed by atoms with van der Waals surface area (Å²) in [5.41, 5.74) is 0.364. The van der Waals surface area contributed by atoms with Crippen LogP contribution < -0.4 is 10.6 Å². The number of rotatable bonds is 4. The largest absolute Gasteiger partial charge is 0.508 e. The van der Waals surface area contributed by atoms with Gasteiger partial charge in [-0.1, -0.05) is 85.3 Å². The molecule has 0 heterocycles. The molecule has 1 fully saturated rings. The molecule has 2 N–H and O–H groups in total. The monoisotopic (exact) mass is 392 g/mol. The predicted octanol–water partition coefficient (Wildman–Crippen LogP) is 4.40. The lowest BCUT2D eigenvalue weighted by atomic mass is 9.81. The number of hydrogen-bond acceptors (Lipinski definition) is 3. The van der Waals surface area contributed by atoms with Gasteiger partial charge in [-0.2, -0.15) is 0 Å². The number of phenols is 1. The van der Waals surface area contributed by atoms with Crippen molar-refractivity contribution in [3.63, 3.8) is 0 Å². The van der Waals surface area contributed by atoms with Crippen LogP contribution in [0.15, 0.2) is 84.9 Å². The van der Waals surface area contributed by atoms with Gasteiger partial charge in [0.1, 0.15) is 12.9 Å². The fraction of sp³-hybridized carbons (Fsp3) is 0.250. The Labute approximate surface area is 166 Å². The maximum Gasteiger partial charge on any atom is 0.148 e. The molecule has 3 atom stereocenters. The van der Waals surface area contributed by atoms with E-state index in [1.54, 1.807) is 12.1 Å². The van der Waals surface area contributed by atoms with Gasteiger partial charge in [0.2, 0.25) is 0 Å². The Kier molecular flexibility index (Phi) is 5.39. The van der Waals surface area contributed by atoms with Gasteiger partial charge in [-0.05, 0) is 24.5 Å². The molecular weight excluding hydrogens is 367 g/mol. The van der Waals surface area contributed by atoms with Gasteiger partial charge >= 0.3 is 0 Å². The van der Waals surface area contributed by atoms with E-state index in [1.165, 1.54) is 0 Å². The molecular formula is C24H25O3P. The van der Waals surface area contributed by atoms with Crippen molar-refractivity contribution in [2.45, 2.75) is 36.9 Å². The Morgan fingerprint density at radius 1 is 0.750 bits per heavy atom. The first-order valence-electron chi connectivity index (χ1n) is 9.79. The van der Waals surface area contributed by atoms with E-state index in [9.17, 15) is 14.8 Å². The van der Waals surface area contributed by atoms with Crippen molar-refractivity contribution in [2.24, 2.45) is 0 Å². The summed E-state index contributed by atoms with van der Waals surface area (Å²) in [5.74, 6) is -0.0258. The molecule has 0 aromatic heterocycles. The van der Waals surface area contributed by atoms with E-state index in [1.807, 2.05) is 72.8 Å². The number of aromatic hydroxyl groups is 1. The van der Waals surface area contributed by atoms with Crippen LogP contribution in [0.3, 0.4) is 0 Å². The van der Waals surface area contributed by atoms with Gasteiger partial charge in [0.05, 0.1) is 6.10 Å². The fourth-order valence-electron chi connectivity index (χ4n) is 4.52. The van der Waals surface area contributed by atoms with E-state index in [0.29, 0.717) is 6.42 Å². The van der Waals surface area contributed by atoms with Crippen molar-refractivity contribution < 1.29 is 14.8 Å². The van der Waals surface area contributed by atoms with Crippen molar-refractivity contribution in [3.05, 3.63) is 90.5 Å². The van der Waals surface area contributed by atoms with Gasteiger partial charge in [0, 0.05) is 22.2 Å². The minimum absolute atomic E-state index is 0.196. The maximum atomic E-state index is 14.6. The molecule has 144 valence electrons. The molecule has 3 aromatic carbocycles. The molecule has 3 aromatic rings. The first-order chi connectivity index (χ1) is 13.6. The molecule has 3 nitrogen and oxygen atoms in total. The number of phenolic OH excluding ortho intramolecular Hbond substituents is 1. The summed E-state index contributed by atoms with van der Waals surface area (Å²) in [4.78, 5) is 0. The van der Waals surface area contributed by atoms with Crippen LogP contribution in [0.1, 0.15) is 30.7 Å². The van der Waals surface area contributed by atoms with E-state index in [2.05, 4.69) is 0 Å². The fourth-order valence-corrected chi connectivity index (χ4v) is 8.00. The van der Waals surface area contributed by atoms with Crippen LogP contribution in [0.4, 0.5) is 0 Å². The highest BCUT2D eigenvalue weighted by Gasteiger charge is 2.45. The van der Waals surface area contributed by atoms with Crippen LogP contribution in [0, 0.1) is 0 Å². The van der Waals surface area contributed by atoms with Gasteiger partial charge in [-0.15, -0.1) is 0 Å². The van der Waals surface area contributed by atoms with E-state index in [-0.39, 0.29) is 17.3 Å². The summed E-state index contributed by atoms with van der Waals surface area (Å²) < 4.78 is 14.6. The van der Waals surface area contributed by atoms with Crippen molar-refractivity contribution in [2.75, 3.05) is 0 Å². The summed E-state index contributed by atoms with van der Waals surface area (Å²) in [6, 6.07) is 26.2. The molecule has 1 saturated carbocycles. The lowest BCUT2D eigenvalue weighted by molar-refractivity contribution is 0.108. The third-order valence-corrected chi connectivity index (χ3v) is 9.53. The summed E-state index contributed by atoms with van der Waals surface area (Å²) in [6.07, 6.45) is 1.56. The van der Waals surface area contributed by atoms with E-state index < -0.39 is 13.2 Å². The summed E-state index contributed by atoms with van der Waals surface area (Å²) in [6.45, 7) is 0. The molecule has 0 spiro atoms. The number of hydrogen-bond donors (Lipinski definition) is 2. The van der Waals surface area contributed by atoms with Crippen LogP contribution in [0.2, 0.25) is 0 Å². The van der Waals surface area contributed by atoms with Crippen LogP contribution in [0.5, 0.6) is 5.75 Å². The molecule has 0 radical (unpaired) electrons. The third-order valence-electron chi connectivity index (χ3n) is 5.90. The topological polar surface area (TPSA) is 57.5 Å².